The summed E-state index contributed by atoms with van der Waals surface area (Å²) in [4.78, 5) is 2.74. The van der Waals surface area contributed by atoms with Gasteiger partial charge in [-0.3, -0.25) is 4.90 Å². The number of hydrogen-bond acceptors (Lipinski definition) is 2. The Hall–Kier alpha value is -0.340. The van der Waals surface area contributed by atoms with E-state index in [1.807, 2.05) is 0 Å². The lowest BCUT2D eigenvalue weighted by Gasteiger charge is -2.47. The van der Waals surface area contributed by atoms with Gasteiger partial charge >= 0.3 is 0 Å². The first-order valence-electron chi connectivity index (χ1n) is 7.80. The van der Waals surface area contributed by atoms with Crippen molar-refractivity contribution >= 4 is 0 Å². The average Bonchev–Trinajstić information content (AvgIpc) is 2.87. The van der Waals surface area contributed by atoms with Gasteiger partial charge in [-0.1, -0.05) is 24.8 Å². The Bertz CT molecular complexity index is 273. The summed E-state index contributed by atoms with van der Waals surface area (Å²) in [5.74, 6) is 0. The minimum atomic E-state index is 0.329. The molecule has 0 aromatic rings. The molecular weight excluding hydrogens is 220 g/mol. The van der Waals surface area contributed by atoms with Crippen LogP contribution >= 0.6 is 0 Å². The zero-order chi connectivity index (χ0) is 13.0. The highest BCUT2D eigenvalue weighted by Crippen LogP contribution is 2.40. The molecular formula is C16H30N2. The third kappa shape index (κ3) is 2.97. The highest BCUT2D eigenvalue weighted by atomic mass is 15.2. The van der Waals surface area contributed by atoms with Gasteiger partial charge in [-0.2, -0.15) is 0 Å². The molecule has 0 aromatic carbocycles. The van der Waals surface area contributed by atoms with Gasteiger partial charge in [0.1, 0.15) is 0 Å². The highest BCUT2D eigenvalue weighted by molar-refractivity contribution is 5.04. The molecule has 2 fully saturated rings. The molecule has 2 aliphatic rings. The second-order valence-corrected chi connectivity index (χ2v) is 6.46. The van der Waals surface area contributed by atoms with Gasteiger partial charge in [0.05, 0.1) is 0 Å². The molecule has 1 unspecified atom stereocenters. The van der Waals surface area contributed by atoms with E-state index in [1.54, 1.807) is 0 Å². The number of nitrogens with two attached hydrogens (primary N) is 1. The lowest BCUT2D eigenvalue weighted by molar-refractivity contribution is 0.0459. The van der Waals surface area contributed by atoms with Crippen LogP contribution in [0.1, 0.15) is 64.7 Å². The van der Waals surface area contributed by atoms with Crippen molar-refractivity contribution in [2.75, 3.05) is 13.1 Å². The predicted octanol–water partition coefficient (Wildman–Crippen LogP) is 3.47. The molecule has 0 aromatic heterocycles. The molecule has 1 saturated heterocycles. The number of likely N-dealkylation sites (tertiary alicyclic amines) is 1. The number of allylic oxidation sites excluding steroid dienone is 1. The van der Waals surface area contributed by atoms with Crippen molar-refractivity contribution in [3.8, 4) is 0 Å². The maximum Gasteiger partial charge on any atom is 0.0360 e. The van der Waals surface area contributed by atoms with Gasteiger partial charge in [0, 0.05) is 11.6 Å². The van der Waals surface area contributed by atoms with Crippen LogP contribution in [-0.2, 0) is 0 Å². The summed E-state index contributed by atoms with van der Waals surface area (Å²) in [7, 11) is 0. The van der Waals surface area contributed by atoms with Crippen LogP contribution in [0.25, 0.3) is 0 Å². The quantitative estimate of drug-likeness (QED) is 0.757. The smallest absolute Gasteiger partial charge is 0.0360 e. The van der Waals surface area contributed by atoms with Crippen LogP contribution in [0.4, 0.5) is 0 Å². The maximum atomic E-state index is 6.61. The van der Waals surface area contributed by atoms with E-state index >= 15 is 0 Å². The van der Waals surface area contributed by atoms with Gasteiger partial charge in [0.25, 0.3) is 0 Å². The number of piperidine rings is 1. The zero-order valence-corrected chi connectivity index (χ0v) is 12.1. The van der Waals surface area contributed by atoms with E-state index in [1.165, 1.54) is 63.6 Å². The SMILES string of the molecule is C=C(C)CCC(N)C1(N2CCCCC2)CCCC1. The monoisotopic (exact) mass is 250 g/mol. The van der Waals surface area contributed by atoms with Crippen LogP contribution in [0.15, 0.2) is 12.2 Å². The van der Waals surface area contributed by atoms with E-state index in [0.29, 0.717) is 11.6 Å². The molecule has 2 nitrogen and oxygen atoms in total. The van der Waals surface area contributed by atoms with Gasteiger partial charge in [-0.15, -0.1) is 6.58 Å². The minimum Gasteiger partial charge on any atom is -0.326 e. The van der Waals surface area contributed by atoms with Crippen LogP contribution in [0.2, 0.25) is 0 Å². The van der Waals surface area contributed by atoms with Gasteiger partial charge < -0.3 is 5.73 Å². The molecule has 0 spiro atoms. The summed E-state index contributed by atoms with van der Waals surface area (Å²) >= 11 is 0. The highest BCUT2D eigenvalue weighted by Gasteiger charge is 2.44. The van der Waals surface area contributed by atoms with Crippen molar-refractivity contribution in [3.05, 3.63) is 12.2 Å². The predicted molar refractivity (Wildman–Crippen MR) is 78.6 cm³/mol. The molecule has 1 saturated carbocycles. The summed E-state index contributed by atoms with van der Waals surface area (Å²) in [5.41, 5.74) is 8.21. The standard InChI is InChI=1S/C16H30N2/c1-14(2)8-9-15(17)16(10-4-5-11-16)18-12-6-3-7-13-18/h15H,1,3-13,17H2,2H3. The Labute approximate surface area is 113 Å². The first-order chi connectivity index (χ1) is 8.65. The van der Waals surface area contributed by atoms with E-state index in [9.17, 15) is 0 Å². The molecule has 2 N–H and O–H groups in total. The molecule has 1 heterocycles. The van der Waals surface area contributed by atoms with E-state index in [4.69, 9.17) is 5.73 Å². The molecule has 0 amide bonds. The number of nitrogens with zero attached hydrogens (tertiary/aromatic N) is 1. The third-order valence-electron chi connectivity index (χ3n) is 5.03. The van der Waals surface area contributed by atoms with Crippen LogP contribution < -0.4 is 5.73 Å². The molecule has 104 valence electrons. The Morgan fingerprint density at radius 1 is 1.17 bits per heavy atom. The van der Waals surface area contributed by atoms with Crippen molar-refractivity contribution < 1.29 is 0 Å². The molecule has 1 aliphatic heterocycles. The fourth-order valence-electron chi connectivity index (χ4n) is 3.92. The molecule has 2 heteroatoms. The van der Waals surface area contributed by atoms with Crippen molar-refractivity contribution in [1.29, 1.82) is 0 Å². The van der Waals surface area contributed by atoms with Crippen LogP contribution in [-0.4, -0.2) is 29.6 Å². The Balaban J connectivity index is 2.02. The second kappa shape index (κ2) is 6.21. The van der Waals surface area contributed by atoms with Gasteiger partial charge in [0.15, 0.2) is 0 Å². The zero-order valence-electron chi connectivity index (χ0n) is 12.1. The van der Waals surface area contributed by atoms with Crippen molar-refractivity contribution in [2.24, 2.45) is 5.73 Å². The van der Waals surface area contributed by atoms with Crippen LogP contribution in [0.3, 0.4) is 0 Å². The molecule has 2 rings (SSSR count). The summed E-state index contributed by atoms with van der Waals surface area (Å²) in [6.45, 7) is 8.70. The Morgan fingerprint density at radius 2 is 1.78 bits per heavy atom. The summed E-state index contributed by atoms with van der Waals surface area (Å²) < 4.78 is 0. The molecule has 1 atom stereocenters. The first kappa shape index (κ1) is 14.1. The van der Waals surface area contributed by atoms with Crippen molar-refractivity contribution in [2.45, 2.75) is 76.3 Å². The van der Waals surface area contributed by atoms with E-state index in [0.717, 1.165) is 12.8 Å². The third-order valence-corrected chi connectivity index (χ3v) is 5.03. The molecule has 0 radical (unpaired) electrons. The maximum absolute atomic E-state index is 6.61. The fraction of sp³-hybridized carbons (Fsp3) is 0.875. The van der Waals surface area contributed by atoms with Crippen LogP contribution in [0.5, 0.6) is 0 Å². The van der Waals surface area contributed by atoms with Crippen molar-refractivity contribution in [3.63, 3.8) is 0 Å². The van der Waals surface area contributed by atoms with E-state index in [2.05, 4.69) is 18.4 Å². The normalized spacial score (nSPS) is 26.1. The Morgan fingerprint density at radius 3 is 2.33 bits per heavy atom. The Kier molecular flexibility index (Phi) is 4.85. The van der Waals surface area contributed by atoms with Gasteiger partial charge in [-0.25, -0.2) is 0 Å². The number of rotatable bonds is 5. The summed E-state index contributed by atoms with van der Waals surface area (Å²) in [6, 6.07) is 0.342. The topological polar surface area (TPSA) is 29.3 Å². The van der Waals surface area contributed by atoms with E-state index < -0.39 is 0 Å². The minimum absolute atomic E-state index is 0.329. The second-order valence-electron chi connectivity index (χ2n) is 6.46. The fourth-order valence-corrected chi connectivity index (χ4v) is 3.92. The average molecular weight is 250 g/mol. The summed E-state index contributed by atoms with van der Waals surface area (Å²) in [5, 5.41) is 0. The van der Waals surface area contributed by atoms with Gasteiger partial charge in [0.2, 0.25) is 0 Å². The molecule has 18 heavy (non-hydrogen) atoms. The van der Waals surface area contributed by atoms with Crippen molar-refractivity contribution in [1.82, 2.24) is 4.90 Å². The first-order valence-corrected chi connectivity index (χ1v) is 7.80. The molecule has 1 aliphatic carbocycles. The lowest BCUT2D eigenvalue weighted by Crippen LogP contribution is -2.59. The largest absolute Gasteiger partial charge is 0.326 e. The van der Waals surface area contributed by atoms with E-state index in [-0.39, 0.29) is 0 Å². The van der Waals surface area contributed by atoms with Gasteiger partial charge in [-0.05, 0) is 58.5 Å². The van der Waals surface area contributed by atoms with Crippen LogP contribution in [0, 0.1) is 0 Å². The summed E-state index contributed by atoms with van der Waals surface area (Å²) in [6.07, 6.45) is 11.8. The lowest BCUT2D eigenvalue weighted by atomic mass is 9.82. The molecule has 0 bridgehead atoms. The number of hydrogen-bond donors (Lipinski definition) is 1.